The largest absolute Gasteiger partial charge is 0.388 e. The van der Waals surface area contributed by atoms with Gasteiger partial charge in [0.2, 0.25) is 0 Å². The van der Waals surface area contributed by atoms with Gasteiger partial charge in [0, 0.05) is 12.6 Å². The summed E-state index contributed by atoms with van der Waals surface area (Å²) < 4.78 is 0. The average Bonchev–Trinajstić information content (AvgIpc) is 2.31. The summed E-state index contributed by atoms with van der Waals surface area (Å²) in [4.78, 5) is 4.52. The van der Waals surface area contributed by atoms with Crippen LogP contribution in [0.4, 0.5) is 0 Å². The van der Waals surface area contributed by atoms with Crippen LogP contribution in [-0.2, 0) is 0 Å². The van der Waals surface area contributed by atoms with Gasteiger partial charge in [0.1, 0.15) is 0 Å². The first-order chi connectivity index (χ1) is 8.95. The molecule has 4 nitrogen and oxygen atoms in total. The molecule has 0 bridgehead atoms. The zero-order chi connectivity index (χ0) is 14.3. The van der Waals surface area contributed by atoms with E-state index in [4.69, 9.17) is 0 Å². The van der Waals surface area contributed by atoms with Gasteiger partial charge in [0.15, 0.2) is 5.96 Å². The molecule has 1 atom stereocenters. The molecule has 0 aromatic carbocycles. The molecule has 1 saturated carbocycles. The van der Waals surface area contributed by atoms with Crippen LogP contribution in [-0.4, -0.2) is 35.8 Å². The molecule has 1 unspecified atom stereocenters. The Labute approximate surface area is 118 Å². The van der Waals surface area contributed by atoms with Gasteiger partial charge >= 0.3 is 0 Å². The van der Waals surface area contributed by atoms with E-state index in [0.29, 0.717) is 12.6 Å². The van der Waals surface area contributed by atoms with Crippen molar-refractivity contribution in [1.82, 2.24) is 10.6 Å². The first-order valence-corrected chi connectivity index (χ1v) is 7.72. The highest BCUT2D eigenvalue weighted by Gasteiger charge is 2.34. The molecular formula is C15H31N3O. The van der Waals surface area contributed by atoms with Gasteiger partial charge in [0.25, 0.3) is 0 Å². The van der Waals surface area contributed by atoms with E-state index in [1.165, 1.54) is 6.42 Å². The maximum atomic E-state index is 10.1. The number of nitrogens with one attached hydrogen (secondary N) is 2. The third-order valence-electron chi connectivity index (χ3n) is 3.72. The Morgan fingerprint density at radius 1 is 1.26 bits per heavy atom. The monoisotopic (exact) mass is 269 g/mol. The molecule has 0 radical (unpaired) electrons. The molecular weight excluding hydrogens is 238 g/mol. The Morgan fingerprint density at radius 3 is 2.42 bits per heavy atom. The van der Waals surface area contributed by atoms with Crippen molar-refractivity contribution in [2.24, 2.45) is 10.9 Å². The van der Waals surface area contributed by atoms with Crippen LogP contribution in [0.2, 0.25) is 0 Å². The summed E-state index contributed by atoms with van der Waals surface area (Å²) in [5, 5.41) is 16.7. The molecule has 0 heterocycles. The van der Waals surface area contributed by atoms with Gasteiger partial charge in [-0.15, -0.1) is 0 Å². The first-order valence-electron chi connectivity index (χ1n) is 7.72. The van der Waals surface area contributed by atoms with Gasteiger partial charge < -0.3 is 15.7 Å². The molecule has 1 aliphatic rings. The molecule has 4 heteroatoms. The zero-order valence-electron chi connectivity index (χ0n) is 13.0. The van der Waals surface area contributed by atoms with E-state index in [-0.39, 0.29) is 0 Å². The maximum absolute atomic E-state index is 10.1. The Hall–Kier alpha value is -0.770. The Balaban J connectivity index is 2.39. The van der Waals surface area contributed by atoms with Gasteiger partial charge in [-0.3, -0.25) is 4.99 Å². The lowest BCUT2D eigenvalue weighted by molar-refractivity contribution is -0.0236. The maximum Gasteiger partial charge on any atom is 0.191 e. The molecule has 0 aromatic heterocycles. The van der Waals surface area contributed by atoms with Crippen LogP contribution in [0.5, 0.6) is 0 Å². The summed E-state index contributed by atoms with van der Waals surface area (Å²) in [6.45, 7) is 10.1. The van der Waals surface area contributed by atoms with E-state index in [1.54, 1.807) is 0 Å². The fraction of sp³-hybridized carbons (Fsp3) is 0.933. The second kappa shape index (κ2) is 7.73. The van der Waals surface area contributed by atoms with E-state index >= 15 is 0 Å². The number of guanidine groups is 1. The number of nitrogens with zero attached hydrogens (tertiary/aromatic N) is 1. The number of aliphatic hydroxyl groups is 1. The topological polar surface area (TPSA) is 56.7 Å². The van der Waals surface area contributed by atoms with Crippen molar-refractivity contribution in [3.63, 3.8) is 0 Å². The van der Waals surface area contributed by atoms with Crippen molar-refractivity contribution in [3.8, 4) is 0 Å². The van der Waals surface area contributed by atoms with Gasteiger partial charge in [0.05, 0.1) is 12.1 Å². The van der Waals surface area contributed by atoms with Gasteiger partial charge in [-0.25, -0.2) is 0 Å². The van der Waals surface area contributed by atoms with Crippen molar-refractivity contribution in [3.05, 3.63) is 0 Å². The van der Waals surface area contributed by atoms with Crippen LogP contribution in [0, 0.1) is 5.92 Å². The smallest absolute Gasteiger partial charge is 0.191 e. The number of hydrogen-bond donors (Lipinski definition) is 3. The van der Waals surface area contributed by atoms with E-state index in [0.717, 1.165) is 44.1 Å². The minimum Gasteiger partial charge on any atom is -0.388 e. The predicted molar refractivity (Wildman–Crippen MR) is 81.4 cm³/mol. The summed E-state index contributed by atoms with van der Waals surface area (Å²) in [6.07, 6.45) is 5.27. The fourth-order valence-corrected chi connectivity index (χ4v) is 2.18. The van der Waals surface area contributed by atoms with Crippen molar-refractivity contribution in [2.45, 2.75) is 71.4 Å². The summed E-state index contributed by atoms with van der Waals surface area (Å²) in [7, 11) is 0. The second-order valence-corrected chi connectivity index (χ2v) is 6.29. The van der Waals surface area contributed by atoms with Gasteiger partial charge in [-0.2, -0.15) is 0 Å². The lowest BCUT2D eigenvalue weighted by Crippen LogP contribution is -2.45. The molecule has 112 valence electrons. The van der Waals surface area contributed by atoms with E-state index < -0.39 is 5.60 Å². The molecule has 0 saturated heterocycles. The molecule has 0 spiro atoms. The average molecular weight is 269 g/mol. The summed E-state index contributed by atoms with van der Waals surface area (Å²) in [5.74, 6) is 1.57. The Bertz CT molecular complexity index is 285. The van der Waals surface area contributed by atoms with E-state index in [1.807, 2.05) is 0 Å². The third kappa shape index (κ3) is 6.28. The molecule has 0 aromatic rings. The van der Waals surface area contributed by atoms with Gasteiger partial charge in [-0.05, 0) is 51.9 Å². The van der Waals surface area contributed by atoms with E-state index in [9.17, 15) is 5.11 Å². The lowest BCUT2D eigenvalue weighted by atomic mass is 9.80. The predicted octanol–water partition coefficient (Wildman–Crippen LogP) is 2.28. The standard InChI is InChI=1S/C15H31N3O/c1-5-16-14(17-11-15(19)9-6-10-15)18-13(4)8-7-12(2)3/h12-13,19H,5-11H2,1-4H3,(H2,16,17,18). The Kier molecular flexibility index (Phi) is 6.63. The Morgan fingerprint density at radius 2 is 1.95 bits per heavy atom. The normalized spacial score (nSPS) is 20.0. The van der Waals surface area contributed by atoms with Crippen LogP contribution in [0.3, 0.4) is 0 Å². The minimum atomic E-state index is -0.538. The molecule has 3 N–H and O–H groups in total. The number of rotatable bonds is 7. The fourth-order valence-electron chi connectivity index (χ4n) is 2.18. The molecule has 1 fully saturated rings. The van der Waals surface area contributed by atoms with Crippen LogP contribution < -0.4 is 10.6 Å². The first kappa shape index (κ1) is 16.3. The van der Waals surface area contributed by atoms with Crippen molar-refractivity contribution < 1.29 is 5.11 Å². The van der Waals surface area contributed by atoms with E-state index in [2.05, 4.69) is 43.3 Å². The van der Waals surface area contributed by atoms with Crippen LogP contribution in [0.1, 0.15) is 59.8 Å². The lowest BCUT2D eigenvalue weighted by Gasteiger charge is -2.35. The number of hydrogen-bond acceptors (Lipinski definition) is 2. The van der Waals surface area contributed by atoms with Gasteiger partial charge in [-0.1, -0.05) is 13.8 Å². The van der Waals surface area contributed by atoms with Crippen LogP contribution >= 0.6 is 0 Å². The molecule has 1 aliphatic carbocycles. The second-order valence-electron chi connectivity index (χ2n) is 6.29. The van der Waals surface area contributed by atoms with Crippen molar-refractivity contribution in [2.75, 3.05) is 13.1 Å². The van der Waals surface area contributed by atoms with Crippen molar-refractivity contribution in [1.29, 1.82) is 0 Å². The highest BCUT2D eigenvalue weighted by molar-refractivity contribution is 5.80. The van der Waals surface area contributed by atoms with Crippen LogP contribution in [0.15, 0.2) is 4.99 Å². The molecule has 0 amide bonds. The zero-order valence-corrected chi connectivity index (χ0v) is 13.0. The summed E-state index contributed by atoms with van der Waals surface area (Å²) >= 11 is 0. The minimum absolute atomic E-state index is 0.413. The summed E-state index contributed by atoms with van der Waals surface area (Å²) in [5.41, 5.74) is -0.538. The molecule has 19 heavy (non-hydrogen) atoms. The van der Waals surface area contributed by atoms with Crippen LogP contribution in [0.25, 0.3) is 0 Å². The highest BCUT2D eigenvalue weighted by Crippen LogP contribution is 2.31. The SMILES string of the molecule is CCNC(=NCC1(O)CCC1)NC(C)CCC(C)C. The number of aliphatic imine (C=N–C) groups is 1. The summed E-state index contributed by atoms with van der Waals surface area (Å²) in [6, 6.07) is 0.413. The molecule has 1 rings (SSSR count). The quantitative estimate of drug-likeness (QED) is 0.491. The van der Waals surface area contributed by atoms with Crippen molar-refractivity contribution >= 4 is 5.96 Å². The molecule has 0 aliphatic heterocycles. The third-order valence-corrected chi connectivity index (χ3v) is 3.72. The highest BCUT2D eigenvalue weighted by atomic mass is 16.3.